The molecule has 2 aromatic heterocycles. The van der Waals surface area contributed by atoms with Crippen LogP contribution in [0.3, 0.4) is 0 Å². The first kappa shape index (κ1) is 17.0. The molecule has 1 aliphatic carbocycles. The van der Waals surface area contributed by atoms with Gasteiger partial charge in [-0.25, -0.2) is 4.98 Å². The van der Waals surface area contributed by atoms with E-state index in [1.807, 2.05) is 23.6 Å². The monoisotopic (exact) mass is 375 g/mol. The number of carbonyl (C=O) groups excluding carboxylic acids is 2. The summed E-state index contributed by atoms with van der Waals surface area (Å²) in [5.74, 6) is 1.04. The van der Waals surface area contributed by atoms with E-state index >= 15 is 0 Å². The van der Waals surface area contributed by atoms with Gasteiger partial charge in [0.2, 0.25) is 5.78 Å². The molecule has 28 heavy (non-hydrogen) atoms. The third-order valence-corrected chi connectivity index (χ3v) is 5.77. The summed E-state index contributed by atoms with van der Waals surface area (Å²) in [6.45, 7) is 2.29. The Labute approximate surface area is 162 Å². The number of amides is 1. The van der Waals surface area contributed by atoms with Crippen molar-refractivity contribution >= 4 is 17.3 Å². The summed E-state index contributed by atoms with van der Waals surface area (Å²) in [5, 5.41) is 2.95. The molecule has 1 fully saturated rings. The van der Waals surface area contributed by atoms with E-state index in [1.165, 1.54) is 24.8 Å². The standard InChI is InChI=1S/C22H21N3O3/c1-13-21(25-8-7-16(10-20(25)24-13)15-3-2-4-15)22(27)23-11-14-5-6-19-17(9-14)18(26)12-28-19/h5-10,15H,2-4,11-12H2,1H3,(H,23,27). The first-order chi connectivity index (χ1) is 13.6. The molecular formula is C22H21N3O3. The largest absolute Gasteiger partial charge is 0.485 e. The van der Waals surface area contributed by atoms with E-state index in [4.69, 9.17) is 4.74 Å². The number of pyridine rings is 1. The minimum atomic E-state index is -0.176. The van der Waals surface area contributed by atoms with Crippen LogP contribution >= 0.6 is 0 Å². The number of carbonyl (C=O) groups is 2. The number of nitrogens with zero attached hydrogens (tertiary/aromatic N) is 2. The molecule has 1 saturated carbocycles. The number of aromatic nitrogens is 2. The van der Waals surface area contributed by atoms with Gasteiger partial charge in [-0.15, -0.1) is 0 Å². The number of nitrogens with one attached hydrogen (secondary N) is 1. The predicted octanol–water partition coefficient (Wildman–Crippen LogP) is 3.42. The molecular weight excluding hydrogens is 354 g/mol. The smallest absolute Gasteiger partial charge is 0.270 e. The second-order valence-corrected chi connectivity index (χ2v) is 7.59. The fraction of sp³-hybridized carbons (Fsp3) is 0.318. The van der Waals surface area contributed by atoms with Crippen LogP contribution in [0.4, 0.5) is 0 Å². The molecule has 1 N–H and O–H groups in total. The van der Waals surface area contributed by atoms with Gasteiger partial charge in [-0.3, -0.25) is 14.0 Å². The second kappa shape index (κ2) is 6.48. The van der Waals surface area contributed by atoms with Crippen LogP contribution in [0.5, 0.6) is 5.75 Å². The number of imidazole rings is 1. The number of hydrogen-bond donors (Lipinski definition) is 1. The van der Waals surface area contributed by atoms with Gasteiger partial charge in [0.15, 0.2) is 6.61 Å². The average Bonchev–Trinajstić information content (AvgIpc) is 3.17. The number of fused-ring (bicyclic) bond motifs is 2. The third-order valence-electron chi connectivity index (χ3n) is 5.77. The lowest BCUT2D eigenvalue weighted by molar-refractivity contribution is 0.0942. The molecule has 3 heterocycles. The van der Waals surface area contributed by atoms with E-state index < -0.39 is 0 Å². The highest BCUT2D eigenvalue weighted by molar-refractivity contribution is 6.02. The van der Waals surface area contributed by atoms with E-state index in [0.717, 1.165) is 11.2 Å². The Hall–Kier alpha value is -3.15. The molecule has 6 nitrogen and oxygen atoms in total. The molecule has 0 bridgehead atoms. The second-order valence-electron chi connectivity index (χ2n) is 7.59. The van der Waals surface area contributed by atoms with Gasteiger partial charge in [0.05, 0.1) is 11.3 Å². The molecule has 6 heteroatoms. The van der Waals surface area contributed by atoms with Crippen LogP contribution in [-0.4, -0.2) is 27.7 Å². The van der Waals surface area contributed by atoms with Gasteiger partial charge in [0.1, 0.15) is 17.1 Å². The highest BCUT2D eigenvalue weighted by atomic mass is 16.5. The van der Waals surface area contributed by atoms with Crippen molar-refractivity contribution in [3.05, 3.63) is 64.6 Å². The Morgan fingerprint density at radius 3 is 2.93 bits per heavy atom. The molecule has 0 saturated heterocycles. The van der Waals surface area contributed by atoms with Crippen LogP contribution in [-0.2, 0) is 6.54 Å². The maximum atomic E-state index is 12.8. The maximum absolute atomic E-state index is 12.8. The molecule has 2 aliphatic rings. The molecule has 0 unspecified atom stereocenters. The van der Waals surface area contributed by atoms with Gasteiger partial charge in [-0.05, 0) is 61.1 Å². The summed E-state index contributed by atoms with van der Waals surface area (Å²) in [7, 11) is 0. The molecule has 1 aliphatic heterocycles. The number of ketones is 1. The van der Waals surface area contributed by atoms with E-state index in [-0.39, 0.29) is 18.3 Å². The van der Waals surface area contributed by atoms with E-state index in [0.29, 0.717) is 35.2 Å². The summed E-state index contributed by atoms with van der Waals surface area (Å²) in [5.41, 5.74) is 4.83. The first-order valence-electron chi connectivity index (χ1n) is 9.66. The lowest BCUT2D eigenvalue weighted by Gasteiger charge is -2.25. The number of aryl methyl sites for hydroxylation is 1. The van der Waals surface area contributed by atoms with Crippen molar-refractivity contribution in [2.45, 2.75) is 38.6 Å². The Bertz CT molecular complexity index is 1110. The lowest BCUT2D eigenvalue weighted by atomic mass is 9.80. The van der Waals surface area contributed by atoms with Crippen LogP contribution in [0.2, 0.25) is 0 Å². The van der Waals surface area contributed by atoms with Gasteiger partial charge >= 0.3 is 0 Å². The topological polar surface area (TPSA) is 72.7 Å². The van der Waals surface area contributed by atoms with Crippen molar-refractivity contribution in [3.8, 4) is 5.75 Å². The molecule has 0 radical (unpaired) electrons. The lowest BCUT2D eigenvalue weighted by Crippen LogP contribution is -2.25. The van der Waals surface area contributed by atoms with Crippen LogP contribution in [0.25, 0.3) is 5.65 Å². The average molecular weight is 375 g/mol. The Morgan fingerprint density at radius 1 is 1.29 bits per heavy atom. The van der Waals surface area contributed by atoms with Crippen molar-refractivity contribution in [1.29, 1.82) is 0 Å². The number of Topliss-reactive ketones (excluding diaryl/α,β-unsaturated/α-hetero) is 1. The SMILES string of the molecule is Cc1nc2cc(C3CCC3)ccn2c1C(=O)NCc1ccc2c(c1)C(=O)CO2. The summed E-state index contributed by atoms with van der Waals surface area (Å²) in [6, 6.07) is 9.63. The van der Waals surface area contributed by atoms with E-state index in [9.17, 15) is 9.59 Å². The van der Waals surface area contributed by atoms with Gasteiger partial charge in [-0.2, -0.15) is 0 Å². The van der Waals surface area contributed by atoms with Crippen LogP contribution in [0.15, 0.2) is 36.5 Å². The molecule has 0 atom stereocenters. The van der Waals surface area contributed by atoms with E-state index in [2.05, 4.69) is 22.4 Å². The summed E-state index contributed by atoms with van der Waals surface area (Å²) < 4.78 is 7.16. The zero-order valence-electron chi connectivity index (χ0n) is 15.7. The summed E-state index contributed by atoms with van der Waals surface area (Å²) >= 11 is 0. The predicted molar refractivity (Wildman–Crippen MR) is 104 cm³/mol. The fourth-order valence-corrected chi connectivity index (χ4v) is 3.97. The van der Waals surface area contributed by atoms with Crippen LogP contribution in [0, 0.1) is 6.92 Å². The zero-order valence-corrected chi connectivity index (χ0v) is 15.7. The van der Waals surface area contributed by atoms with Crippen molar-refractivity contribution in [1.82, 2.24) is 14.7 Å². The van der Waals surface area contributed by atoms with E-state index in [1.54, 1.807) is 12.1 Å². The number of hydrogen-bond acceptors (Lipinski definition) is 4. The number of ether oxygens (including phenoxy) is 1. The highest BCUT2D eigenvalue weighted by Crippen LogP contribution is 2.36. The van der Waals surface area contributed by atoms with Crippen molar-refractivity contribution in [2.75, 3.05) is 6.61 Å². The molecule has 0 spiro atoms. The number of rotatable bonds is 4. The normalized spacial score (nSPS) is 16.0. The molecule has 1 aromatic carbocycles. The Morgan fingerprint density at radius 2 is 2.14 bits per heavy atom. The van der Waals surface area contributed by atoms with Crippen molar-refractivity contribution in [2.24, 2.45) is 0 Å². The van der Waals surface area contributed by atoms with Gasteiger partial charge in [-0.1, -0.05) is 12.5 Å². The first-order valence-corrected chi connectivity index (χ1v) is 9.66. The quantitative estimate of drug-likeness (QED) is 0.758. The van der Waals surface area contributed by atoms with Gasteiger partial charge in [0.25, 0.3) is 5.91 Å². The third kappa shape index (κ3) is 2.76. The highest BCUT2D eigenvalue weighted by Gasteiger charge is 2.23. The minimum Gasteiger partial charge on any atom is -0.485 e. The minimum absolute atomic E-state index is 0.0249. The zero-order chi connectivity index (χ0) is 19.3. The number of benzene rings is 1. The van der Waals surface area contributed by atoms with Crippen LogP contribution in [0.1, 0.15) is 62.8 Å². The van der Waals surface area contributed by atoms with Crippen molar-refractivity contribution < 1.29 is 14.3 Å². The molecule has 1 amide bonds. The summed E-state index contributed by atoms with van der Waals surface area (Å²) in [6.07, 6.45) is 5.70. The Kier molecular flexibility index (Phi) is 3.93. The summed E-state index contributed by atoms with van der Waals surface area (Å²) in [4.78, 5) is 29.2. The molecule has 3 aromatic rings. The van der Waals surface area contributed by atoms with Crippen molar-refractivity contribution in [3.63, 3.8) is 0 Å². The Balaban J connectivity index is 1.36. The molecule has 142 valence electrons. The maximum Gasteiger partial charge on any atom is 0.270 e. The van der Waals surface area contributed by atoms with Crippen LogP contribution < -0.4 is 10.1 Å². The molecule has 5 rings (SSSR count). The van der Waals surface area contributed by atoms with Gasteiger partial charge < -0.3 is 10.1 Å². The fourth-order valence-electron chi connectivity index (χ4n) is 3.97. The van der Waals surface area contributed by atoms with Gasteiger partial charge in [0, 0.05) is 12.7 Å².